The molecule has 1 fully saturated rings. The zero-order valence-corrected chi connectivity index (χ0v) is 30.2. The minimum atomic E-state index is -1.79. The fourth-order valence-electron chi connectivity index (χ4n) is 6.65. The number of ether oxygens (including phenoxy) is 2. The molecule has 4 atom stereocenters. The van der Waals surface area contributed by atoms with Crippen LogP contribution in [0.4, 0.5) is 11.4 Å². The lowest BCUT2D eigenvalue weighted by Gasteiger charge is -2.44. The molecule has 0 spiro atoms. The third kappa shape index (κ3) is 7.85. The van der Waals surface area contributed by atoms with E-state index >= 15 is 0 Å². The minimum Gasteiger partial charge on any atom is -0.493 e. The van der Waals surface area contributed by atoms with Crippen LogP contribution in [0, 0.1) is 11.8 Å². The molecule has 5 rings (SSSR count). The summed E-state index contributed by atoms with van der Waals surface area (Å²) in [4.78, 5) is 42.6. The molecule has 4 aromatic carbocycles. The summed E-state index contributed by atoms with van der Waals surface area (Å²) < 4.78 is 12.4. The average Bonchev–Trinajstić information content (AvgIpc) is 3.07. The van der Waals surface area contributed by atoms with Crippen molar-refractivity contribution in [3.63, 3.8) is 0 Å². The molecular formula is C39H40BrClN2O6. The number of amides is 2. The standard InChI is InChI=1S/C39H40BrClN2O6/c1-5-23-13-8-11-17-29(23)42-37(45)34-31(44)21-39(3,47)35(38(46)43-30-18-12-9-14-24(30)6-2)33(34)26-19-27(40)36(32(20-26)48-4)49-22-25-15-7-10-16-28(25)41/h7-20,33-35,47H,5-6,21-22H2,1-4H3,(H,42,45)(H,43,46). The van der Waals surface area contributed by atoms with E-state index in [0.717, 1.165) is 16.7 Å². The number of aliphatic hydroxyl groups is 1. The SMILES string of the molecule is CCc1ccccc1NC(=O)C1C(=O)CC(C)(O)C(C(=O)Nc2ccccc2CC)C1c1cc(Br)c(OCc2ccccc2Cl)c(OC)c1. The fourth-order valence-corrected chi connectivity index (χ4v) is 7.42. The number of carbonyl (C=O) groups excluding carboxylic acids is 3. The summed E-state index contributed by atoms with van der Waals surface area (Å²) in [6, 6.07) is 25.5. The number of ketones is 1. The van der Waals surface area contributed by atoms with Gasteiger partial charge in [0.05, 0.1) is 23.1 Å². The topological polar surface area (TPSA) is 114 Å². The number of nitrogens with one attached hydrogen (secondary N) is 2. The molecular weight excluding hydrogens is 708 g/mol. The molecule has 256 valence electrons. The van der Waals surface area contributed by atoms with Gasteiger partial charge in [0.25, 0.3) is 0 Å². The molecule has 4 unspecified atom stereocenters. The lowest BCUT2D eigenvalue weighted by Crippen LogP contribution is -2.56. The second kappa shape index (κ2) is 15.6. The highest BCUT2D eigenvalue weighted by molar-refractivity contribution is 9.10. The number of halogens is 2. The molecule has 0 saturated heterocycles. The lowest BCUT2D eigenvalue weighted by molar-refractivity contribution is -0.150. The Morgan fingerprint density at radius 3 is 2.02 bits per heavy atom. The average molecular weight is 748 g/mol. The normalized spacial score (nSPS) is 20.4. The Hall–Kier alpha value is -4.18. The van der Waals surface area contributed by atoms with Crippen LogP contribution in [0.3, 0.4) is 0 Å². The van der Waals surface area contributed by atoms with Crippen LogP contribution in [-0.4, -0.2) is 35.4 Å². The van der Waals surface area contributed by atoms with Crippen molar-refractivity contribution in [2.24, 2.45) is 11.8 Å². The third-order valence-electron chi connectivity index (χ3n) is 9.11. The predicted octanol–water partition coefficient (Wildman–Crippen LogP) is 8.13. The van der Waals surface area contributed by atoms with Gasteiger partial charge in [0.2, 0.25) is 11.8 Å². The van der Waals surface area contributed by atoms with Crippen molar-refractivity contribution < 1.29 is 29.0 Å². The van der Waals surface area contributed by atoms with Crippen molar-refractivity contribution >= 4 is 56.5 Å². The van der Waals surface area contributed by atoms with E-state index in [1.165, 1.54) is 14.0 Å². The third-order valence-corrected chi connectivity index (χ3v) is 10.1. The quantitative estimate of drug-likeness (QED) is 0.134. The molecule has 8 nitrogen and oxygen atoms in total. The number of hydrogen-bond acceptors (Lipinski definition) is 6. The van der Waals surface area contributed by atoms with Gasteiger partial charge in [-0.3, -0.25) is 14.4 Å². The lowest BCUT2D eigenvalue weighted by atomic mass is 9.61. The van der Waals surface area contributed by atoms with Gasteiger partial charge in [-0.05, 0) is 82.7 Å². The Labute approximate surface area is 300 Å². The zero-order chi connectivity index (χ0) is 35.3. The molecule has 0 radical (unpaired) electrons. The van der Waals surface area contributed by atoms with Crippen molar-refractivity contribution in [1.29, 1.82) is 0 Å². The first-order valence-electron chi connectivity index (χ1n) is 16.2. The van der Waals surface area contributed by atoms with Crippen LogP contribution in [0.5, 0.6) is 11.5 Å². The fraction of sp³-hybridized carbons (Fsp3) is 0.308. The predicted molar refractivity (Wildman–Crippen MR) is 195 cm³/mol. The highest BCUT2D eigenvalue weighted by Gasteiger charge is 2.56. The van der Waals surface area contributed by atoms with E-state index < -0.39 is 41.0 Å². The number of benzene rings is 4. The van der Waals surface area contributed by atoms with Crippen LogP contribution in [-0.2, 0) is 33.8 Å². The van der Waals surface area contributed by atoms with Crippen molar-refractivity contribution in [3.05, 3.63) is 117 Å². The van der Waals surface area contributed by atoms with Crippen molar-refractivity contribution in [2.75, 3.05) is 17.7 Å². The van der Waals surface area contributed by atoms with Crippen LogP contribution in [0.2, 0.25) is 5.02 Å². The van der Waals surface area contributed by atoms with E-state index in [9.17, 15) is 19.5 Å². The molecule has 2 amide bonds. The number of aryl methyl sites for hydroxylation is 2. The molecule has 10 heteroatoms. The van der Waals surface area contributed by atoms with Crippen LogP contribution in [0.15, 0.2) is 89.4 Å². The summed E-state index contributed by atoms with van der Waals surface area (Å²) in [5, 5.41) is 18.4. The smallest absolute Gasteiger partial charge is 0.235 e. The number of methoxy groups -OCH3 is 1. The summed E-state index contributed by atoms with van der Waals surface area (Å²) in [6.45, 7) is 5.58. The molecule has 1 aliphatic rings. The van der Waals surface area contributed by atoms with Crippen LogP contribution >= 0.6 is 27.5 Å². The van der Waals surface area contributed by atoms with Crippen LogP contribution in [0.25, 0.3) is 0 Å². The first kappa shape index (κ1) is 36.1. The largest absolute Gasteiger partial charge is 0.493 e. The van der Waals surface area contributed by atoms with E-state index in [1.807, 2.05) is 68.4 Å². The Kier molecular flexibility index (Phi) is 11.5. The second-order valence-corrected chi connectivity index (χ2v) is 13.7. The summed E-state index contributed by atoms with van der Waals surface area (Å²) in [7, 11) is 1.48. The number of Topliss-reactive ketones (excluding diaryl/α,β-unsaturated/α-hetero) is 1. The van der Waals surface area contributed by atoms with Crippen molar-refractivity contribution in [1.82, 2.24) is 0 Å². The first-order chi connectivity index (χ1) is 23.5. The summed E-state index contributed by atoms with van der Waals surface area (Å²) in [5.74, 6) is -4.48. The maximum Gasteiger partial charge on any atom is 0.235 e. The van der Waals surface area contributed by atoms with Gasteiger partial charge in [-0.15, -0.1) is 0 Å². The van der Waals surface area contributed by atoms with Gasteiger partial charge in [-0.2, -0.15) is 0 Å². The summed E-state index contributed by atoms with van der Waals surface area (Å²) >= 11 is 9.98. The van der Waals surface area contributed by atoms with Gasteiger partial charge in [-0.25, -0.2) is 0 Å². The van der Waals surface area contributed by atoms with E-state index in [4.69, 9.17) is 21.1 Å². The van der Waals surface area contributed by atoms with Gasteiger partial charge >= 0.3 is 0 Å². The van der Waals surface area contributed by atoms with Gasteiger partial charge in [0, 0.05) is 34.3 Å². The Bertz CT molecular complexity index is 1860. The maximum atomic E-state index is 14.4. The van der Waals surface area contributed by atoms with Crippen LogP contribution < -0.4 is 20.1 Å². The monoisotopic (exact) mass is 746 g/mol. The molecule has 3 N–H and O–H groups in total. The van der Waals surface area contributed by atoms with Gasteiger partial charge < -0.3 is 25.2 Å². The Balaban J connectivity index is 1.61. The van der Waals surface area contributed by atoms with Crippen molar-refractivity contribution in [3.8, 4) is 11.5 Å². The van der Waals surface area contributed by atoms with Gasteiger partial charge in [0.1, 0.15) is 18.3 Å². The molecule has 1 saturated carbocycles. The molecule has 4 aromatic rings. The molecule has 49 heavy (non-hydrogen) atoms. The van der Waals surface area contributed by atoms with E-state index in [0.29, 0.717) is 50.8 Å². The number of hydrogen-bond donors (Lipinski definition) is 3. The highest BCUT2D eigenvalue weighted by Crippen LogP contribution is 2.49. The first-order valence-corrected chi connectivity index (χ1v) is 17.4. The second-order valence-electron chi connectivity index (χ2n) is 12.4. The molecule has 0 bridgehead atoms. The van der Waals surface area contributed by atoms with Gasteiger partial charge in [-0.1, -0.05) is 80.0 Å². The van der Waals surface area contributed by atoms with Gasteiger partial charge in [0.15, 0.2) is 11.5 Å². The van der Waals surface area contributed by atoms with Crippen LogP contribution in [0.1, 0.15) is 55.4 Å². The maximum absolute atomic E-state index is 14.4. The highest BCUT2D eigenvalue weighted by atomic mass is 79.9. The molecule has 0 heterocycles. The zero-order valence-electron chi connectivity index (χ0n) is 27.9. The molecule has 0 aromatic heterocycles. The molecule has 1 aliphatic carbocycles. The Morgan fingerprint density at radius 2 is 1.45 bits per heavy atom. The summed E-state index contributed by atoms with van der Waals surface area (Å²) in [6.07, 6.45) is 0.942. The summed E-state index contributed by atoms with van der Waals surface area (Å²) in [5.41, 5.74) is 2.41. The number of anilines is 2. The molecule has 0 aliphatic heterocycles. The minimum absolute atomic E-state index is 0.147. The van der Waals surface area contributed by atoms with E-state index in [-0.39, 0.29) is 13.0 Å². The number of rotatable bonds is 11. The number of carbonyl (C=O) groups is 3. The van der Waals surface area contributed by atoms with E-state index in [1.54, 1.807) is 30.3 Å². The Morgan fingerprint density at radius 1 is 0.898 bits per heavy atom. The van der Waals surface area contributed by atoms with E-state index in [2.05, 4.69) is 26.6 Å². The van der Waals surface area contributed by atoms with Crippen molar-refractivity contribution in [2.45, 2.75) is 58.2 Å². The number of para-hydroxylation sites is 2.